The minimum absolute atomic E-state index is 0.0755. The summed E-state index contributed by atoms with van der Waals surface area (Å²) in [5, 5.41) is 12.1. The molecule has 2 heterocycles. The molecule has 0 bridgehead atoms. The third-order valence-electron chi connectivity index (χ3n) is 3.00. The van der Waals surface area contributed by atoms with Crippen LogP contribution in [0.25, 0.3) is 11.6 Å². The van der Waals surface area contributed by atoms with Gasteiger partial charge in [0.05, 0.1) is 11.3 Å². The van der Waals surface area contributed by atoms with Crippen LogP contribution in [0.2, 0.25) is 5.02 Å². The second kappa shape index (κ2) is 4.54. The van der Waals surface area contributed by atoms with Gasteiger partial charge in [-0.05, 0) is 30.3 Å². The van der Waals surface area contributed by atoms with Crippen LogP contribution in [0.15, 0.2) is 30.3 Å². The Balaban J connectivity index is 2.03. The van der Waals surface area contributed by atoms with Crippen LogP contribution < -0.4 is 5.32 Å². The number of aromatic carboxylic acids is 1. The number of rotatable bonds is 2. The zero-order chi connectivity index (χ0) is 14.3. The highest BCUT2D eigenvalue weighted by molar-refractivity contribution is 6.36. The Morgan fingerprint density at radius 2 is 2.05 bits per heavy atom. The van der Waals surface area contributed by atoms with Crippen molar-refractivity contribution in [3.8, 4) is 0 Å². The Morgan fingerprint density at radius 3 is 2.75 bits per heavy atom. The van der Waals surface area contributed by atoms with Gasteiger partial charge in [-0.2, -0.15) is 0 Å². The predicted molar refractivity (Wildman–Crippen MR) is 75.7 cm³/mol. The average molecular weight is 289 g/mol. The quantitative estimate of drug-likeness (QED) is 0.743. The lowest BCUT2D eigenvalue weighted by Gasteiger charge is -1.98. The van der Waals surface area contributed by atoms with Crippen LogP contribution in [-0.4, -0.2) is 22.0 Å². The lowest BCUT2D eigenvalue weighted by atomic mass is 10.1. The Hall–Kier alpha value is -2.53. The van der Waals surface area contributed by atoms with Crippen molar-refractivity contribution in [2.75, 3.05) is 5.32 Å². The normalized spacial score (nSPS) is 15.2. The maximum atomic E-state index is 11.9. The number of carboxylic acids is 1. The van der Waals surface area contributed by atoms with Gasteiger partial charge in [-0.3, -0.25) is 4.79 Å². The van der Waals surface area contributed by atoms with Crippen molar-refractivity contribution in [3.05, 3.63) is 52.3 Å². The highest BCUT2D eigenvalue weighted by Crippen LogP contribution is 2.34. The third-order valence-corrected chi connectivity index (χ3v) is 3.24. The molecule has 1 aromatic carbocycles. The zero-order valence-corrected chi connectivity index (χ0v) is 10.9. The molecule has 3 rings (SSSR count). The van der Waals surface area contributed by atoms with E-state index in [0.717, 1.165) is 5.56 Å². The van der Waals surface area contributed by atoms with Crippen molar-refractivity contribution in [1.82, 2.24) is 4.98 Å². The molecule has 0 radical (unpaired) electrons. The highest BCUT2D eigenvalue weighted by Gasteiger charge is 2.24. The monoisotopic (exact) mass is 288 g/mol. The molecule has 0 aliphatic carbocycles. The smallest absolute Gasteiger partial charge is 0.352 e. The minimum Gasteiger partial charge on any atom is -0.477 e. The number of aromatic nitrogens is 1. The van der Waals surface area contributed by atoms with Crippen molar-refractivity contribution in [3.63, 3.8) is 0 Å². The molecule has 1 aliphatic heterocycles. The molecule has 0 spiro atoms. The molecule has 3 N–H and O–H groups in total. The lowest BCUT2D eigenvalue weighted by molar-refractivity contribution is -0.110. The van der Waals surface area contributed by atoms with Crippen LogP contribution in [0.3, 0.4) is 0 Å². The van der Waals surface area contributed by atoms with Gasteiger partial charge in [0.15, 0.2) is 0 Å². The van der Waals surface area contributed by atoms with E-state index in [2.05, 4.69) is 10.3 Å². The van der Waals surface area contributed by atoms with Crippen LogP contribution in [0.5, 0.6) is 0 Å². The Bertz CT molecular complexity index is 762. The van der Waals surface area contributed by atoms with E-state index in [1.807, 2.05) is 0 Å². The first kappa shape index (κ1) is 12.5. The summed E-state index contributed by atoms with van der Waals surface area (Å²) in [6.45, 7) is 0. The van der Waals surface area contributed by atoms with E-state index in [4.69, 9.17) is 16.7 Å². The molecule has 2 aromatic rings. The van der Waals surface area contributed by atoms with E-state index < -0.39 is 5.97 Å². The number of hydrogen-bond acceptors (Lipinski definition) is 2. The number of H-pyrrole nitrogens is 1. The standard InChI is InChI=1S/C14H9ClN2O3/c15-7-1-3-9-10(13(18)17-12(9)5-7)6-8-2-4-11(16-8)14(19)20/h1-6,16H,(H,17,18)(H,19,20)/b10-6-. The molecule has 0 fully saturated rings. The van der Waals surface area contributed by atoms with Crippen LogP contribution in [-0.2, 0) is 4.79 Å². The van der Waals surface area contributed by atoms with E-state index in [-0.39, 0.29) is 11.6 Å². The SMILES string of the molecule is O=C1Nc2cc(Cl)ccc2/C1=C/c1ccc(C(=O)O)[nH]1. The Morgan fingerprint density at radius 1 is 1.25 bits per heavy atom. The zero-order valence-electron chi connectivity index (χ0n) is 10.1. The molecule has 100 valence electrons. The van der Waals surface area contributed by atoms with Gasteiger partial charge in [0.1, 0.15) is 5.69 Å². The van der Waals surface area contributed by atoms with Crippen LogP contribution in [0, 0.1) is 0 Å². The molecule has 1 aromatic heterocycles. The molecule has 0 saturated heterocycles. The summed E-state index contributed by atoms with van der Waals surface area (Å²) < 4.78 is 0. The number of carbonyl (C=O) groups excluding carboxylic acids is 1. The number of benzene rings is 1. The molecule has 20 heavy (non-hydrogen) atoms. The molecule has 0 saturated carbocycles. The average Bonchev–Trinajstić information content (AvgIpc) is 2.96. The van der Waals surface area contributed by atoms with Gasteiger partial charge in [0, 0.05) is 16.3 Å². The predicted octanol–water partition coefficient (Wildman–Crippen LogP) is 2.86. The molecule has 0 atom stereocenters. The van der Waals surface area contributed by atoms with Crippen molar-refractivity contribution in [2.45, 2.75) is 0 Å². The number of amides is 1. The van der Waals surface area contributed by atoms with Crippen molar-refractivity contribution in [2.24, 2.45) is 0 Å². The summed E-state index contributed by atoms with van der Waals surface area (Å²) in [5.74, 6) is -1.29. The van der Waals surface area contributed by atoms with Crippen molar-refractivity contribution < 1.29 is 14.7 Å². The molecular weight excluding hydrogens is 280 g/mol. The number of carboxylic acid groups (broad SMARTS) is 1. The van der Waals surface area contributed by atoms with Crippen molar-refractivity contribution in [1.29, 1.82) is 0 Å². The molecular formula is C14H9ClN2O3. The second-order valence-corrected chi connectivity index (χ2v) is 4.77. The number of anilines is 1. The summed E-state index contributed by atoms with van der Waals surface area (Å²) in [4.78, 5) is 25.5. The maximum Gasteiger partial charge on any atom is 0.352 e. The largest absolute Gasteiger partial charge is 0.477 e. The maximum absolute atomic E-state index is 11.9. The van der Waals surface area contributed by atoms with E-state index in [1.165, 1.54) is 6.07 Å². The summed E-state index contributed by atoms with van der Waals surface area (Å²) >= 11 is 5.87. The van der Waals surface area contributed by atoms with Gasteiger partial charge in [-0.1, -0.05) is 17.7 Å². The summed E-state index contributed by atoms with van der Waals surface area (Å²) in [6.07, 6.45) is 1.61. The number of fused-ring (bicyclic) bond motifs is 1. The molecule has 0 unspecified atom stereocenters. The van der Waals surface area contributed by atoms with Crippen molar-refractivity contribution >= 4 is 40.8 Å². The van der Waals surface area contributed by atoms with E-state index >= 15 is 0 Å². The van der Waals surface area contributed by atoms with Crippen LogP contribution in [0.4, 0.5) is 5.69 Å². The van der Waals surface area contributed by atoms with E-state index in [9.17, 15) is 9.59 Å². The third kappa shape index (κ3) is 2.08. The van der Waals surface area contributed by atoms with Gasteiger partial charge >= 0.3 is 5.97 Å². The van der Waals surface area contributed by atoms with Crippen LogP contribution >= 0.6 is 11.6 Å². The lowest BCUT2D eigenvalue weighted by Crippen LogP contribution is -2.03. The molecule has 1 amide bonds. The van der Waals surface area contributed by atoms with Gasteiger partial charge in [0.2, 0.25) is 0 Å². The Labute approximate surface area is 118 Å². The highest BCUT2D eigenvalue weighted by atomic mass is 35.5. The number of halogens is 1. The number of hydrogen-bond donors (Lipinski definition) is 3. The first-order chi connectivity index (χ1) is 9.54. The fourth-order valence-electron chi connectivity index (χ4n) is 2.09. The van der Waals surface area contributed by atoms with E-state index in [0.29, 0.717) is 22.0 Å². The fourth-order valence-corrected chi connectivity index (χ4v) is 2.26. The molecule has 1 aliphatic rings. The van der Waals surface area contributed by atoms with Crippen LogP contribution in [0.1, 0.15) is 21.7 Å². The second-order valence-electron chi connectivity index (χ2n) is 4.33. The van der Waals surface area contributed by atoms with Gasteiger partial charge < -0.3 is 15.4 Å². The van der Waals surface area contributed by atoms with Gasteiger partial charge in [-0.15, -0.1) is 0 Å². The fraction of sp³-hybridized carbons (Fsp3) is 0. The summed E-state index contributed by atoms with van der Waals surface area (Å²) in [7, 11) is 0. The number of aromatic amines is 1. The first-order valence-electron chi connectivity index (χ1n) is 5.80. The van der Waals surface area contributed by atoms with Gasteiger partial charge in [-0.25, -0.2) is 4.79 Å². The first-order valence-corrected chi connectivity index (χ1v) is 6.17. The number of carbonyl (C=O) groups is 2. The summed E-state index contributed by atoms with van der Waals surface area (Å²) in [6, 6.07) is 8.18. The molecule has 6 heteroatoms. The van der Waals surface area contributed by atoms with E-state index in [1.54, 1.807) is 30.3 Å². The summed E-state index contributed by atoms with van der Waals surface area (Å²) in [5.41, 5.74) is 2.49. The minimum atomic E-state index is -1.04. The number of nitrogens with one attached hydrogen (secondary N) is 2. The topological polar surface area (TPSA) is 82.2 Å². The Kier molecular flexibility index (Phi) is 2.84. The molecule has 5 nitrogen and oxygen atoms in total. The van der Waals surface area contributed by atoms with Gasteiger partial charge in [0.25, 0.3) is 5.91 Å².